The van der Waals surface area contributed by atoms with Crippen molar-refractivity contribution in [1.82, 2.24) is 0 Å². The van der Waals surface area contributed by atoms with Crippen LogP contribution in [-0.4, -0.2) is 20.3 Å². The second-order valence-corrected chi connectivity index (χ2v) is 7.14. The summed E-state index contributed by atoms with van der Waals surface area (Å²) >= 11 is 0. The van der Waals surface area contributed by atoms with E-state index < -0.39 is 12.3 Å². The van der Waals surface area contributed by atoms with Crippen molar-refractivity contribution in [3.05, 3.63) is 82.8 Å². The largest absolute Gasteiger partial charge is 0.418 e. The number of hydrogen-bond donors (Lipinski definition) is 1. The van der Waals surface area contributed by atoms with E-state index in [-0.39, 0.29) is 16.9 Å². The smallest absolute Gasteiger partial charge is 0.395 e. The minimum absolute atomic E-state index is 0.0249. The van der Waals surface area contributed by atoms with Crippen LogP contribution in [0.2, 0.25) is 0 Å². The molecule has 3 rings (SSSR count). The lowest BCUT2D eigenvalue weighted by atomic mass is 9.98. The van der Waals surface area contributed by atoms with Crippen molar-refractivity contribution in [2.24, 2.45) is 5.18 Å². The van der Waals surface area contributed by atoms with Gasteiger partial charge < -0.3 is 15.4 Å². The number of nitrogen functional groups attached to an aromatic ring is 1. The number of nitroso groups, excluding NO2 is 1. The molecular formula is C23H22F3N3O2. The van der Waals surface area contributed by atoms with Crippen molar-refractivity contribution in [2.75, 3.05) is 24.8 Å². The lowest BCUT2D eigenvalue weighted by molar-refractivity contribution is -0.215. The van der Waals surface area contributed by atoms with E-state index in [1.165, 1.54) is 24.3 Å². The summed E-state index contributed by atoms with van der Waals surface area (Å²) in [6, 6.07) is 18.8. The van der Waals surface area contributed by atoms with Crippen LogP contribution in [0.15, 0.2) is 71.9 Å². The Hall–Kier alpha value is -3.39. The molecular weight excluding hydrogens is 407 g/mol. The molecule has 5 nitrogen and oxygen atoms in total. The van der Waals surface area contributed by atoms with Gasteiger partial charge in [0.2, 0.25) is 0 Å². The summed E-state index contributed by atoms with van der Waals surface area (Å²) in [6.07, 6.45) is -6.60. The fourth-order valence-corrected chi connectivity index (χ4v) is 3.46. The van der Waals surface area contributed by atoms with Crippen molar-refractivity contribution < 1.29 is 17.9 Å². The van der Waals surface area contributed by atoms with Crippen LogP contribution in [0.5, 0.6) is 0 Å². The molecule has 0 amide bonds. The zero-order chi connectivity index (χ0) is 22.6. The molecule has 0 saturated heterocycles. The van der Waals surface area contributed by atoms with Gasteiger partial charge in [0.1, 0.15) is 5.69 Å². The maximum absolute atomic E-state index is 13.3. The Morgan fingerprint density at radius 3 is 2.35 bits per heavy atom. The molecule has 0 bridgehead atoms. The Morgan fingerprint density at radius 2 is 1.74 bits per heavy atom. The van der Waals surface area contributed by atoms with E-state index in [0.29, 0.717) is 23.4 Å². The molecule has 2 N–H and O–H groups in total. The molecule has 0 fully saturated rings. The quantitative estimate of drug-likeness (QED) is 0.358. The minimum atomic E-state index is -4.55. The summed E-state index contributed by atoms with van der Waals surface area (Å²) in [6.45, 7) is 0.520. The van der Waals surface area contributed by atoms with Gasteiger partial charge >= 0.3 is 6.18 Å². The van der Waals surface area contributed by atoms with Crippen molar-refractivity contribution in [1.29, 1.82) is 0 Å². The predicted molar refractivity (Wildman–Crippen MR) is 116 cm³/mol. The number of ether oxygens (including phenoxy) is 1. The van der Waals surface area contributed by atoms with Crippen LogP contribution >= 0.6 is 0 Å². The maximum atomic E-state index is 13.3. The molecule has 0 saturated carbocycles. The third-order valence-corrected chi connectivity index (χ3v) is 4.96. The molecule has 1 atom stereocenters. The van der Waals surface area contributed by atoms with E-state index in [2.05, 4.69) is 9.91 Å². The van der Waals surface area contributed by atoms with Gasteiger partial charge in [-0.25, -0.2) is 0 Å². The number of benzene rings is 3. The van der Waals surface area contributed by atoms with Crippen LogP contribution in [-0.2, 0) is 11.3 Å². The maximum Gasteiger partial charge on any atom is 0.418 e. The van der Waals surface area contributed by atoms with Gasteiger partial charge in [0, 0.05) is 20.7 Å². The van der Waals surface area contributed by atoms with Crippen LogP contribution in [0.3, 0.4) is 0 Å². The normalized spacial score (nSPS) is 12.4. The Kier molecular flexibility index (Phi) is 6.60. The van der Waals surface area contributed by atoms with Gasteiger partial charge in [0.25, 0.3) is 0 Å². The molecule has 3 aromatic carbocycles. The van der Waals surface area contributed by atoms with Crippen molar-refractivity contribution in [3.8, 4) is 11.1 Å². The molecule has 3 aromatic rings. The first-order valence-corrected chi connectivity index (χ1v) is 9.46. The third kappa shape index (κ3) is 5.03. The van der Waals surface area contributed by atoms with Crippen LogP contribution in [0, 0.1) is 4.91 Å². The SMILES string of the molecule is COC(c1cccc(-c2cc(N=O)c(N)c(N(C)Cc3ccccc3)c2)c1)C(F)(F)F. The average Bonchev–Trinajstić information content (AvgIpc) is 2.74. The number of nitrogens with zero attached hydrogens (tertiary/aromatic N) is 2. The standard InChI is InChI=1S/C23H22F3N3O2/c1-29(14-15-7-4-3-5-8-15)20-13-18(12-19(28-30)21(20)27)16-9-6-10-17(11-16)22(31-2)23(24,25)26/h3-13,22H,14,27H2,1-2H3. The van der Waals surface area contributed by atoms with Crippen LogP contribution in [0.25, 0.3) is 11.1 Å². The number of methoxy groups -OCH3 is 1. The first-order valence-electron chi connectivity index (χ1n) is 9.46. The number of alkyl halides is 3. The molecule has 0 aromatic heterocycles. The van der Waals surface area contributed by atoms with Gasteiger partial charge in [-0.3, -0.25) is 0 Å². The first kappa shape index (κ1) is 22.3. The molecule has 0 aliphatic heterocycles. The van der Waals surface area contributed by atoms with Crippen LogP contribution in [0.4, 0.5) is 30.2 Å². The summed E-state index contributed by atoms with van der Waals surface area (Å²) in [5.41, 5.74) is 8.95. The number of halogens is 3. The van der Waals surface area contributed by atoms with Crippen molar-refractivity contribution in [3.63, 3.8) is 0 Å². The fraction of sp³-hybridized carbons (Fsp3) is 0.217. The Labute approximate surface area is 178 Å². The highest BCUT2D eigenvalue weighted by Crippen LogP contribution is 2.40. The zero-order valence-electron chi connectivity index (χ0n) is 17.1. The van der Waals surface area contributed by atoms with E-state index in [1.807, 2.05) is 42.3 Å². The Morgan fingerprint density at radius 1 is 1.03 bits per heavy atom. The molecule has 0 radical (unpaired) electrons. The highest BCUT2D eigenvalue weighted by atomic mass is 19.4. The van der Waals surface area contributed by atoms with E-state index >= 15 is 0 Å². The lowest BCUT2D eigenvalue weighted by Gasteiger charge is -2.23. The van der Waals surface area contributed by atoms with E-state index in [0.717, 1.165) is 12.7 Å². The van der Waals surface area contributed by atoms with Gasteiger partial charge in [0.05, 0.1) is 11.4 Å². The molecule has 0 aliphatic carbocycles. The molecule has 31 heavy (non-hydrogen) atoms. The lowest BCUT2D eigenvalue weighted by Crippen LogP contribution is -2.22. The summed E-state index contributed by atoms with van der Waals surface area (Å²) in [5, 5.41) is 3.01. The van der Waals surface area contributed by atoms with E-state index in [1.54, 1.807) is 12.1 Å². The monoisotopic (exact) mass is 429 g/mol. The average molecular weight is 429 g/mol. The first-order chi connectivity index (χ1) is 14.7. The van der Waals surface area contributed by atoms with Gasteiger partial charge in [0.15, 0.2) is 6.10 Å². The number of rotatable bonds is 7. The molecule has 162 valence electrons. The zero-order valence-corrected chi connectivity index (χ0v) is 17.1. The third-order valence-electron chi connectivity index (χ3n) is 4.96. The topological polar surface area (TPSA) is 67.9 Å². The fourth-order valence-electron chi connectivity index (χ4n) is 3.46. The highest BCUT2D eigenvalue weighted by Gasteiger charge is 2.41. The van der Waals surface area contributed by atoms with E-state index in [9.17, 15) is 18.1 Å². The second-order valence-electron chi connectivity index (χ2n) is 7.14. The molecule has 0 aliphatic rings. The number of nitrogens with two attached hydrogens (primary N) is 1. The van der Waals surface area contributed by atoms with Crippen LogP contribution in [0.1, 0.15) is 17.2 Å². The van der Waals surface area contributed by atoms with Gasteiger partial charge in [-0.15, -0.1) is 4.91 Å². The van der Waals surface area contributed by atoms with Crippen molar-refractivity contribution >= 4 is 17.1 Å². The summed E-state index contributed by atoms with van der Waals surface area (Å²) in [4.78, 5) is 13.2. The molecule has 8 heteroatoms. The molecule has 0 heterocycles. The highest BCUT2D eigenvalue weighted by molar-refractivity contribution is 5.86. The molecule has 1 unspecified atom stereocenters. The van der Waals surface area contributed by atoms with E-state index in [4.69, 9.17) is 5.73 Å². The molecule has 0 spiro atoms. The van der Waals surface area contributed by atoms with Gasteiger partial charge in [-0.05, 0) is 45.6 Å². The minimum Gasteiger partial charge on any atom is -0.395 e. The number of anilines is 2. The van der Waals surface area contributed by atoms with Gasteiger partial charge in [-0.2, -0.15) is 13.2 Å². The Bertz CT molecular complexity index is 1060. The summed E-state index contributed by atoms with van der Waals surface area (Å²) in [5.74, 6) is 0. The number of hydrogen-bond acceptors (Lipinski definition) is 5. The second kappa shape index (κ2) is 9.18. The summed E-state index contributed by atoms with van der Waals surface area (Å²) < 4.78 is 44.5. The van der Waals surface area contributed by atoms with Crippen LogP contribution < -0.4 is 10.6 Å². The van der Waals surface area contributed by atoms with Gasteiger partial charge in [-0.1, -0.05) is 48.5 Å². The Balaban J connectivity index is 2.03. The predicted octanol–water partition coefficient (Wildman–Crippen LogP) is 6.22. The van der Waals surface area contributed by atoms with Crippen molar-refractivity contribution in [2.45, 2.75) is 18.8 Å². The summed E-state index contributed by atoms with van der Waals surface area (Å²) in [7, 11) is 2.83.